The van der Waals surface area contributed by atoms with E-state index in [0.717, 1.165) is 6.42 Å². The summed E-state index contributed by atoms with van der Waals surface area (Å²) in [6.45, 7) is 1.96. The highest BCUT2D eigenvalue weighted by molar-refractivity contribution is 5.80. The number of H-pyrrole nitrogens is 1. The number of aromatic amines is 1. The average Bonchev–Trinajstić information content (AvgIpc) is 2.32. The molecule has 0 radical (unpaired) electrons. The van der Waals surface area contributed by atoms with Crippen LogP contribution in [0.25, 0.3) is 17.0 Å². The predicted octanol–water partition coefficient (Wildman–Crippen LogP) is 1.57. The lowest BCUT2D eigenvalue weighted by atomic mass is 10.2. The molecular formula is C12H12N2O2. The lowest BCUT2D eigenvalue weighted by Gasteiger charge is -2.01. The molecule has 0 atom stereocenters. The van der Waals surface area contributed by atoms with E-state index in [1.54, 1.807) is 30.5 Å². The van der Waals surface area contributed by atoms with E-state index < -0.39 is 0 Å². The van der Waals surface area contributed by atoms with Crippen molar-refractivity contribution >= 4 is 17.0 Å². The maximum atomic E-state index is 11.9. The van der Waals surface area contributed by atoms with Gasteiger partial charge in [0, 0.05) is 6.20 Å². The summed E-state index contributed by atoms with van der Waals surface area (Å²) in [4.78, 5) is 23.6. The summed E-state index contributed by atoms with van der Waals surface area (Å²) in [5, 5.41) is 3.38. The van der Waals surface area contributed by atoms with Crippen molar-refractivity contribution in [2.24, 2.45) is 0 Å². The van der Waals surface area contributed by atoms with Crippen LogP contribution < -0.4 is 11.1 Å². The van der Waals surface area contributed by atoms with E-state index in [0.29, 0.717) is 10.8 Å². The molecule has 1 aromatic carbocycles. The molecule has 2 aromatic rings. The molecule has 16 heavy (non-hydrogen) atoms. The summed E-state index contributed by atoms with van der Waals surface area (Å²) in [7, 11) is 0. The molecule has 4 heteroatoms. The first-order valence-corrected chi connectivity index (χ1v) is 5.14. The lowest BCUT2D eigenvalue weighted by Crippen LogP contribution is -2.26. The van der Waals surface area contributed by atoms with E-state index in [9.17, 15) is 9.59 Å². The molecule has 2 rings (SSSR count). The minimum absolute atomic E-state index is 0.208. The van der Waals surface area contributed by atoms with Crippen LogP contribution in [0.15, 0.2) is 39.9 Å². The number of hydrogen-bond donors (Lipinski definition) is 1. The number of rotatable bonds is 2. The Morgan fingerprint density at radius 3 is 2.62 bits per heavy atom. The molecule has 1 N–H and O–H groups in total. The van der Waals surface area contributed by atoms with Gasteiger partial charge in [0.2, 0.25) is 0 Å². The molecule has 0 saturated carbocycles. The van der Waals surface area contributed by atoms with Crippen molar-refractivity contribution in [3.05, 3.63) is 51.0 Å². The number of nitrogens with zero attached hydrogens (tertiary/aromatic N) is 1. The highest BCUT2D eigenvalue weighted by Crippen LogP contribution is 2.02. The molecular weight excluding hydrogens is 204 g/mol. The fraction of sp³-hybridized carbons (Fsp3) is 0.167. The van der Waals surface area contributed by atoms with Crippen molar-refractivity contribution < 1.29 is 0 Å². The van der Waals surface area contributed by atoms with Crippen molar-refractivity contribution in [3.8, 4) is 0 Å². The zero-order valence-corrected chi connectivity index (χ0v) is 8.93. The SMILES string of the molecule is CC/C=C/n1[nH]c(=O)c2ccccc2c1=O. The van der Waals surface area contributed by atoms with Gasteiger partial charge in [-0.05, 0) is 18.6 Å². The van der Waals surface area contributed by atoms with E-state index in [1.807, 2.05) is 13.0 Å². The summed E-state index contributed by atoms with van der Waals surface area (Å²) >= 11 is 0. The molecule has 82 valence electrons. The van der Waals surface area contributed by atoms with Gasteiger partial charge in [0.05, 0.1) is 10.8 Å². The number of nitrogens with one attached hydrogen (secondary N) is 1. The first kappa shape index (κ1) is 10.4. The van der Waals surface area contributed by atoms with Gasteiger partial charge in [-0.25, -0.2) is 4.68 Å². The number of hydrogen-bond acceptors (Lipinski definition) is 2. The van der Waals surface area contributed by atoms with Crippen LogP contribution in [0.3, 0.4) is 0 Å². The zero-order chi connectivity index (χ0) is 11.5. The summed E-state index contributed by atoms with van der Waals surface area (Å²) in [6.07, 6.45) is 4.20. The third-order valence-corrected chi connectivity index (χ3v) is 2.33. The largest absolute Gasteiger partial charge is 0.277 e. The van der Waals surface area contributed by atoms with Crippen LogP contribution in [0.2, 0.25) is 0 Å². The second kappa shape index (κ2) is 4.18. The molecule has 1 heterocycles. The number of benzene rings is 1. The van der Waals surface area contributed by atoms with E-state index in [4.69, 9.17) is 0 Å². The van der Waals surface area contributed by atoms with Gasteiger partial charge in [-0.15, -0.1) is 0 Å². The summed E-state index contributed by atoms with van der Waals surface area (Å²) in [5.74, 6) is 0. The third kappa shape index (κ3) is 1.69. The highest BCUT2D eigenvalue weighted by Gasteiger charge is 2.03. The molecule has 1 aromatic heterocycles. The molecule has 0 spiro atoms. The lowest BCUT2D eigenvalue weighted by molar-refractivity contribution is 0.843. The Morgan fingerprint density at radius 2 is 1.94 bits per heavy atom. The van der Waals surface area contributed by atoms with E-state index in [1.165, 1.54) is 4.68 Å². The van der Waals surface area contributed by atoms with Crippen LogP contribution in [0, 0.1) is 0 Å². The molecule has 0 unspecified atom stereocenters. The average molecular weight is 216 g/mol. The predicted molar refractivity (Wildman–Crippen MR) is 64.4 cm³/mol. The number of aromatic nitrogens is 2. The second-order valence-electron chi connectivity index (χ2n) is 3.45. The van der Waals surface area contributed by atoms with Gasteiger partial charge in [-0.2, -0.15) is 0 Å². The Morgan fingerprint density at radius 1 is 1.25 bits per heavy atom. The molecule has 0 aliphatic carbocycles. The third-order valence-electron chi connectivity index (χ3n) is 2.33. The van der Waals surface area contributed by atoms with Gasteiger partial charge in [0.1, 0.15) is 0 Å². The van der Waals surface area contributed by atoms with Gasteiger partial charge in [0.15, 0.2) is 0 Å². The molecule has 0 amide bonds. The van der Waals surface area contributed by atoms with Crippen molar-refractivity contribution in [2.75, 3.05) is 0 Å². The van der Waals surface area contributed by atoms with Gasteiger partial charge >= 0.3 is 0 Å². The smallest absolute Gasteiger partial charge is 0.267 e. The molecule has 0 fully saturated rings. The topological polar surface area (TPSA) is 54.9 Å². The molecule has 0 saturated heterocycles. The van der Waals surface area contributed by atoms with Crippen LogP contribution in [-0.4, -0.2) is 9.78 Å². The van der Waals surface area contributed by atoms with Crippen molar-refractivity contribution in [3.63, 3.8) is 0 Å². The number of allylic oxidation sites excluding steroid dienone is 1. The second-order valence-corrected chi connectivity index (χ2v) is 3.45. The van der Waals surface area contributed by atoms with E-state index in [2.05, 4.69) is 5.10 Å². The van der Waals surface area contributed by atoms with Crippen LogP contribution in [0.1, 0.15) is 13.3 Å². The maximum Gasteiger partial charge on any atom is 0.277 e. The Hall–Kier alpha value is -2.10. The zero-order valence-electron chi connectivity index (χ0n) is 8.93. The number of fused-ring (bicyclic) bond motifs is 1. The standard InChI is InChI=1S/C12H12N2O2/c1-2-3-8-14-12(16)10-7-5-4-6-9(10)11(15)13-14/h3-8H,2H2,1H3,(H,13,15)/b8-3+. The monoisotopic (exact) mass is 216 g/mol. The van der Waals surface area contributed by atoms with Gasteiger partial charge in [0.25, 0.3) is 11.1 Å². The Balaban J connectivity index is 2.81. The molecule has 0 bridgehead atoms. The fourth-order valence-electron chi connectivity index (χ4n) is 1.53. The highest BCUT2D eigenvalue weighted by atomic mass is 16.2. The minimum atomic E-state index is -0.254. The van der Waals surface area contributed by atoms with Crippen molar-refractivity contribution in [1.29, 1.82) is 0 Å². The van der Waals surface area contributed by atoms with E-state index >= 15 is 0 Å². The van der Waals surface area contributed by atoms with Crippen molar-refractivity contribution in [2.45, 2.75) is 13.3 Å². The fourth-order valence-corrected chi connectivity index (χ4v) is 1.53. The molecule has 0 aliphatic heterocycles. The Labute approximate surface area is 91.8 Å². The maximum absolute atomic E-state index is 11.9. The first-order chi connectivity index (χ1) is 7.74. The van der Waals surface area contributed by atoms with Crippen LogP contribution in [-0.2, 0) is 0 Å². The minimum Gasteiger partial charge on any atom is -0.267 e. The van der Waals surface area contributed by atoms with Crippen LogP contribution >= 0.6 is 0 Å². The quantitative estimate of drug-likeness (QED) is 0.828. The van der Waals surface area contributed by atoms with Crippen LogP contribution in [0.4, 0.5) is 0 Å². The summed E-state index contributed by atoms with van der Waals surface area (Å²) in [6, 6.07) is 6.78. The normalized spacial score (nSPS) is 11.3. The molecule has 0 aliphatic rings. The Kier molecular flexibility index (Phi) is 2.72. The van der Waals surface area contributed by atoms with E-state index in [-0.39, 0.29) is 11.1 Å². The first-order valence-electron chi connectivity index (χ1n) is 5.14. The molecule has 4 nitrogen and oxygen atoms in total. The van der Waals surface area contributed by atoms with Gasteiger partial charge < -0.3 is 0 Å². The van der Waals surface area contributed by atoms with Crippen molar-refractivity contribution in [1.82, 2.24) is 9.78 Å². The Bertz CT molecular complexity index is 650. The summed E-state index contributed by atoms with van der Waals surface area (Å²) < 4.78 is 1.22. The van der Waals surface area contributed by atoms with Gasteiger partial charge in [-0.1, -0.05) is 25.1 Å². The summed E-state index contributed by atoms with van der Waals surface area (Å²) in [5.41, 5.74) is -0.462. The van der Waals surface area contributed by atoms with Crippen LogP contribution in [0.5, 0.6) is 0 Å². The van der Waals surface area contributed by atoms with Gasteiger partial charge in [-0.3, -0.25) is 14.7 Å².